The first-order valence-electron chi connectivity index (χ1n) is 19.0. The third kappa shape index (κ3) is 9.22. The molecule has 0 bridgehead atoms. The zero-order valence-corrected chi connectivity index (χ0v) is 31.2. The second-order valence-corrected chi connectivity index (χ2v) is 14.3. The number of amides is 1. The van der Waals surface area contributed by atoms with Gasteiger partial charge in [-0.15, -0.1) is 18.2 Å². The van der Waals surface area contributed by atoms with E-state index >= 15 is 0 Å². The van der Waals surface area contributed by atoms with Crippen molar-refractivity contribution < 1.29 is 38.8 Å². The Morgan fingerprint density at radius 2 is 1.94 bits per heavy atom. The molecule has 4 aliphatic rings. The summed E-state index contributed by atoms with van der Waals surface area (Å²) in [6.07, 6.45) is 9.49. The van der Waals surface area contributed by atoms with E-state index in [-0.39, 0.29) is 56.0 Å². The molecular weight excluding hydrogens is 674 g/mol. The first-order chi connectivity index (χ1) is 25.0. The van der Waals surface area contributed by atoms with Crippen molar-refractivity contribution >= 4 is 23.4 Å². The zero-order chi connectivity index (χ0) is 36.2. The van der Waals surface area contributed by atoms with Gasteiger partial charge in [0.25, 0.3) is 0 Å². The molecule has 1 aromatic carbocycles. The topological polar surface area (TPSA) is 122 Å². The zero-order valence-electron chi connectivity index (χ0n) is 30.5. The predicted molar refractivity (Wildman–Crippen MR) is 198 cm³/mol. The maximum Gasteiger partial charge on any atom is 0.410 e. The standard InChI is InChI=1S/C39H58ClN3O8/c1-4-16-43(38(46)48-23-15-40)35-27-33(41-50-6-3)31-25-28(11-7-9-20-44)30(12-8-10-21-45)36-32-26-29(47-24-19-42-17-18-42)13-14-34(32)51-39(35,37(31)36)49-22-5-2/h5,13-14,25-26,28,30,35-37,44-45H,2,4,6-12,15-24,27H2,1,3H3. The minimum Gasteiger partial charge on any atom is -0.492 e. The highest BCUT2D eigenvalue weighted by atomic mass is 35.5. The van der Waals surface area contributed by atoms with E-state index in [1.54, 1.807) is 11.0 Å². The first kappa shape index (κ1) is 39.4. The number of allylic oxidation sites excluding steroid dienone is 1. The molecule has 1 saturated carbocycles. The molecule has 0 spiro atoms. The van der Waals surface area contributed by atoms with Crippen LogP contribution in [0, 0.1) is 17.8 Å². The number of alkyl halides is 1. The summed E-state index contributed by atoms with van der Waals surface area (Å²) in [5.74, 6) is 0.170. The van der Waals surface area contributed by atoms with Crippen LogP contribution in [-0.2, 0) is 14.3 Å². The van der Waals surface area contributed by atoms with E-state index in [9.17, 15) is 15.0 Å². The number of hydrogen-bond donors (Lipinski definition) is 2. The number of nitrogens with zero attached hydrogens (tertiary/aromatic N) is 3. The highest BCUT2D eigenvalue weighted by molar-refractivity contribution is 6.18. The number of oxime groups is 1. The molecule has 11 nitrogen and oxygen atoms in total. The Morgan fingerprint density at radius 1 is 1.16 bits per heavy atom. The lowest BCUT2D eigenvalue weighted by molar-refractivity contribution is -0.255. The van der Waals surface area contributed by atoms with Crippen molar-refractivity contribution in [3.8, 4) is 11.5 Å². The molecule has 0 aromatic heterocycles. The number of benzene rings is 1. The SMILES string of the molecule is C=CCOC12Oc3ccc(OCCN4CC4)cc3C3C(CCCCO)C(CCCCO)C=C(C(=NOCC)CC1N(CCC)C(=O)OCCCl)C32. The van der Waals surface area contributed by atoms with Gasteiger partial charge in [0.05, 0.1) is 24.1 Å². The number of aliphatic hydroxyl groups is 2. The fraction of sp³-hybridized carbons (Fsp3) is 0.692. The number of aliphatic hydroxyl groups excluding tert-OH is 2. The summed E-state index contributed by atoms with van der Waals surface area (Å²) in [5, 5.41) is 24.3. The number of ether oxygens (including phenoxy) is 4. The largest absolute Gasteiger partial charge is 0.492 e. The molecule has 2 fully saturated rings. The Kier molecular flexibility index (Phi) is 14.9. The molecule has 2 aliphatic heterocycles. The predicted octanol–water partition coefficient (Wildman–Crippen LogP) is 6.12. The maximum atomic E-state index is 13.9. The Hall–Kier alpha value is -2.83. The molecule has 6 unspecified atom stereocenters. The highest BCUT2D eigenvalue weighted by Gasteiger charge is 2.65. The van der Waals surface area contributed by atoms with Crippen molar-refractivity contribution in [2.24, 2.45) is 22.9 Å². The average Bonchev–Trinajstić information content (AvgIpc) is 3.97. The molecule has 0 radical (unpaired) electrons. The lowest BCUT2D eigenvalue weighted by atomic mass is 9.55. The number of carbonyl (C=O) groups excluding carboxylic acids is 1. The molecule has 1 aromatic rings. The molecule has 6 atom stereocenters. The second kappa shape index (κ2) is 19.3. The highest BCUT2D eigenvalue weighted by Crippen LogP contribution is 2.62. The second-order valence-electron chi connectivity index (χ2n) is 13.9. The number of halogens is 1. The molecule has 284 valence electrons. The van der Waals surface area contributed by atoms with E-state index in [4.69, 9.17) is 40.5 Å². The summed E-state index contributed by atoms with van der Waals surface area (Å²) >= 11 is 5.97. The van der Waals surface area contributed by atoms with E-state index in [1.807, 2.05) is 26.0 Å². The van der Waals surface area contributed by atoms with Gasteiger partial charge in [0, 0.05) is 57.3 Å². The summed E-state index contributed by atoms with van der Waals surface area (Å²) in [7, 11) is 0. The van der Waals surface area contributed by atoms with Crippen molar-refractivity contribution in [3.63, 3.8) is 0 Å². The van der Waals surface area contributed by atoms with Gasteiger partial charge in [-0.2, -0.15) is 0 Å². The number of carbonyl (C=O) groups is 1. The van der Waals surface area contributed by atoms with Gasteiger partial charge in [0.2, 0.25) is 5.79 Å². The van der Waals surface area contributed by atoms with Gasteiger partial charge in [-0.3, -0.25) is 9.80 Å². The molecule has 1 amide bonds. The molecule has 5 rings (SSSR count). The average molecular weight is 732 g/mol. The van der Waals surface area contributed by atoms with Crippen molar-refractivity contribution in [2.75, 3.05) is 71.7 Å². The lowest BCUT2D eigenvalue weighted by Crippen LogP contribution is -2.70. The van der Waals surface area contributed by atoms with Crippen LogP contribution in [0.15, 0.2) is 47.7 Å². The summed E-state index contributed by atoms with van der Waals surface area (Å²) in [6.45, 7) is 13.0. The van der Waals surface area contributed by atoms with Crippen molar-refractivity contribution in [2.45, 2.75) is 83.0 Å². The van der Waals surface area contributed by atoms with Crippen LogP contribution in [0.25, 0.3) is 0 Å². The van der Waals surface area contributed by atoms with Gasteiger partial charge in [-0.25, -0.2) is 4.79 Å². The molecule has 2 heterocycles. The number of fused-ring (bicyclic) bond motifs is 2. The molecule has 12 heteroatoms. The van der Waals surface area contributed by atoms with E-state index in [2.05, 4.69) is 23.6 Å². The van der Waals surface area contributed by atoms with Crippen LogP contribution in [-0.4, -0.2) is 115 Å². The number of hydrogen-bond acceptors (Lipinski definition) is 10. The minimum atomic E-state index is -1.31. The number of unbranched alkanes of at least 4 members (excludes halogenated alkanes) is 2. The lowest BCUT2D eigenvalue weighted by Gasteiger charge is -2.59. The van der Waals surface area contributed by atoms with Crippen LogP contribution in [0.1, 0.15) is 76.7 Å². The third-order valence-corrected chi connectivity index (χ3v) is 10.7. The fourth-order valence-corrected chi connectivity index (χ4v) is 8.37. The molecule has 2 N–H and O–H groups in total. The van der Waals surface area contributed by atoms with Crippen molar-refractivity contribution in [1.29, 1.82) is 0 Å². The van der Waals surface area contributed by atoms with Gasteiger partial charge in [-0.1, -0.05) is 37.1 Å². The van der Waals surface area contributed by atoms with E-state index in [0.717, 1.165) is 74.3 Å². The van der Waals surface area contributed by atoms with Crippen LogP contribution < -0.4 is 9.47 Å². The van der Waals surface area contributed by atoms with Crippen LogP contribution >= 0.6 is 11.6 Å². The normalized spacial score (nSPS) is 27.1. The quantitative estimate of drug-likeness (QED) is 0.0478. The van der Waals surface area contributed by atoms with Crippen LogP contribution in [0.4, 0.5) is 4.79 Å². The summed E-state index contributed by atoms with van der Waals surface area (Å²) in [5.41, 5.74) is 2.81. The van der Waals surface area contributed by atoms with Crippen LogP contribution in [0.5, 0.6) is 11.5 Å². The maximum absolute atomic E-state index is 13.9. The monoisotopic (exact) mass is 731 g/mol. The van der Waals surface area contributed by atoms with E-state index in [1.165, 1.54) is 0 Å². The van der Waals surface area contributed by atoms with Crippen LogP contribution in [0.2, 0.25) is 0 Å². The molecule has 2 aliphatic carbocycles. The third-order valence-electron chi connectivity index (χ3n) is 10.5. The van der Waals surface area contributed by atoms with Gasteiger partial charge in [0.1, 0.15) is 37.4 Å². The fourth-order valence-electron chi connectivity index (χ4n) is 8.29. The smallest absolute Gasteiger partial charge is 0.410 e. The van der Waals surface area contributed by atoms with Crippen molar-refractivity contribution in [3.05, 3.63) is 48.1 Å². The number of rotatable bonds is 22. The Balaban J connectivity index is 1.72. The minimum absolute atomic E-state index is 0.0810. The Bertz CT molecular complexity index is 1360. The van der Waals surface area contributed by atoms with Gasteiger partial charge < -0.3 is 34.0 Å². The molecule has 1 saturated heterocycles. The summed E-state index contributed by atoms with van der Waals surface area (Å²) < 4.78 is 26.1. The van der Waals surface area contributed by atoms with E-state index in [0.29, 0.717) is 44.8 Å². The van der Waals surface area contributed by atoms with Gasteiger partial charge >= 0.3 is 6.09 Å². The summed E-state index contributed by atoms with van der Waals surface area (Å²) in [4.78, 5) is 23.7. The van der Waals surface area contributed by atoms with Gasteiger partial charge in [-0.05, 0) is 74.6 Å². The van der Waals surface area contributed by atoms with Crippen molar-refractivity contribution in [1.82, 2.24) is 9.80 Å². The summed E-state index contributed by atoms with van der Waals surface area (Å²) in [6, 6.07) is 5.45. The Morgan fingerprint density at radius 3 is 2.63 bits per heavy atom. The van der Waals surface area contributed by atoms with E-state index < -0.39 is 17.9 Å². The Labute approximate surface area is 308 Å². The molecular formula is C39H58ClN3O8. The first-order valence-corrected chi connectivity index (χ1v) is 19.5. The molecule has 51 heavy (non-hydrogen) atoms. The van der Waals surface area contributed by atoms with Gasteiger partial charge in [0.15, 0.2) is 0 Å². The van der Waals surface area contributed by atoms with Crippen LogP contribution in [0.3, 0.4) is 0 Å².